The van der Waals surface area contributed by atoms with Gasteiger partial charge in [-0.3, -0.25) is 0 Å². The van der Waals surface area contributed by atoms with Gasteiger partial charge in [0.05, 0.1) is 11.8 Å². The van der Waals surface area contributed by atoms with Crippen LogP contribution in [0.1, 0.15) is 17.2 Å². The molecule has 17 heavy (non-hydrogen) atoms. The highest BCUT2D eigenvalue weighted by atomic mass is 35.5. The summed E-state index contributed by atoms with van der Waals surface area (Å²) in [4.78, 5) is 0. The van der Waals surface area contributed by atoms with E-state index >= 15 is 0 Å². The van der Waals surface area contributed by atoms with E-state index in [1.54, 1.807) is 30.3 Å². The maximum atomic E-state index is 9.20. The number of hydrogen-bond acceptors (Lipinski definition) is 3. The van der Waals surface area contributed by atoms with Crippen LogP contribution in [0.2, 0.25) is 10.2 Å². The Morgan fingerprint density at radius 2 is 1.94 bits per heavy atom. The summed E-state index contributed by atoms with van der Waals surface area (Å²) < 4.78 is 0. The molecular formula is C12H7Cl2N3. The van der Waals surface area contributed by atoms with Crippen LogP contribution in [0.25, 0.3) is 0 Å². The molecule has 0 aliphatic carbocycles. The van der Waals surface area contributed by atoms with Crippen LogP contribution in [-0.2, 0) is 0 Å². The Morgan fingerprint density at radius 3 is 2.53 bits per heavy atom. The molecule has 1 atom stereocenters. The molecule has 0 saturated heterocycles. The number of hydrogen-bond donors (Lipinski definition) is 0. The van der Waals surface area contributed by atoms with Crippen LogP contribution in [-0.4, -0.2) is 10.2 Å². The maximum Gasteiger partial charge on any atom is 0.151 e. The van der Waals surface area contributed by atoms with E-state index in [0.29, 0.717) is 15.9 Å². The molecule has 0 saturated carbocycles. The van der Waals surface area contributed by atoms with Gasteiger partial charge in [0.2, 0.25) is 0 Å². The van der Waals surface area contributed by atoms with E-state index in [1.165, 1.54) is 0 Å². The van der Waals surface area contributed by atoms with Crippen molar-refractivity contribution >= 4 is 23.2 Å². The highest BCUT2D eigenvalue weighted by Gasteiger charge is 2.15. The summed E-state index contributed by atoms with van der Waals surface area (Å²) in [5.74, 6) is -0.488. The van der Waals surface area contributed by atoms with E-state index in [2.05, 4.69) is 16.3 Å². The Bertz CT molecular complexity index is 561. The van der Waals surface area contributed by atoms with E-state index < -0.39 is 5.92 Å². The molecule has 1 aromatic carbocycles. The first-order chi connectivity index (χ1) is 8.20. The number of benzene rings is 1. The van der Waals surface area contributed by atoms with Gasteiger partial charge in [-0.25, -0.2) is 0 Å². The molecule has 1 heterocycles. The van der Waals surface area contributed by atoms with E-state index in [-0.39, 0.29) is 0 Å². The molecule has 0 N–H and O–H groups in total. The molecular weight excluding hydrogens is 257 g/mol. The molecule has 0 amide bonds. The predicted molar refractivity (Wildman–Crippen MR) is 66.0 cm³/mol. The largest absolute Gasteiger partial charge is 0.197 e. The zero-order valence-electron chi connectivity index (χ0n) is 8.64. The van der Waals surface area contributed by atoms with Crippen LogP contribution >= 0.6 is 23.2 Å². The molecule has 0 radical (unpaired) electrons. The summed E-state index contributed by atoms with van der Waals surface area (Å²) in [6.45, 7) is 0. The Kier molecular flexibility index (Phi) is 3.58. The first kappa shape index (κ1) is 11.8. The Labute approximate surface area is 109 Å². The second-order valence-electron chi connectivity index (χ2n) is 3.40. The van der Waals surface area contributed by atoms with Gasteiger partial charge >= 0.3 is 0 Å². The Hall–Kier alpha value is -1.63. The topological polar surface area (TPSA) is 49.6 Å². The second-order valence-corrected chi connectivity index (χ2v) is 4.22. The molecule has 0 aliphatic rings. The molecule has 0 aliphatic heterocycles. The van der Waals surface area contributed by atoms with Gasteiger partial charge in [0, 0.05) is 5.02 Å². The van der Waals surface area contributed by atoms with Crippen molar-refractivity contribution in [3.63, 3.8) is 0 Å². The summed E-state index contributed by atoms with van der Waals surface area (Å²) in [6, 6.07) is 12.6. The van der Waals surface area contributed by atoms with Gasteiger partial charge in [0.15, 0.2) is 5.15 Å². The fourth-order valence-electron chi connectivity index (χ4n) is 1.48. The SMILES string of the molecule is N#C[C@H](c1cccc(Cl)c1)c1ccc(Cl)nn1. The Balaban J connectivity index is 2.41. The van der Waals surface area contributed by atoms with Crippen LogP contribution < -0.4 is 0 Å². The summed E-state index contributed by atoms with van der Waals surface area (Å²) >= 11 is 11.5. The molecule has 0 unspecified atom stereocenters. The lowest BCUT2D eigenvalue weighted by molar-refractivity contribution is 0.885. The summed E-state index contributed by atoms with van der Waals surface area (Å²) in [6.07, 6.45) is 0. The lowest BCUT2D eigenvalue weighted by Crippen LogP contribution is -2.02. The smallest absolute Gasteiger partial charge is 0.151 e. The van der Waals surface area contributed by atoms with E-state index in [1.807, 2.05) is 6.07 Å². The fraction of sp³-hybridized carbons (Fsp3) is 0.0833. The zero-order chi connectivity index (χ0) is 12.3. The third kappa shape index (κ3) is 2.73. The van der Waals surface area contributed by atoms with Crippen molar-refractivity contribution in [1.29, 1.82) is 5.26 Å². The molecule has 2 rings (SSSR count). The fourth-order valence-corrected chi connectivity index (χ4v) is 1.78. The number of aromatic nitrogens is 2. The van der Waals surface area contributed by atoms with Crippen LogP contribution in [0.3, 0.4) is 0 Å². The zero-order valence-corrected chi connectivity index (χ0v) is 10.2. The molecule has 1 aromatic heterocycles. The second kappa shape index (κ2) is 5.13. The average Bonchev–Trinajstić information content (AvgIpc) is 2.33. The first-order valence-electron chi connectivity index (χ1n) is 4.85. The highest BCUT2D eigenvalue weighted by Crippen LogP contribution is 2.24. The molecule has 3 nitrogen and oxygen atoms in total. The van der Waals surface area contributed by atoms with Crippen LogP contribution in [0.15, 0.2) is 36.4 Å². The van der Waals surface area contributed by atoms with Crippen LogP contribution in [0, 0.1) is 11.3 Å². The van der Waals surface area contributed by atoms with Gasteiger partial charge < -0.3 is 0 Å². The third-order valence-corrected chi connectivity index (χ3v) is 2.70. The molecule has 84 valence electrons. The standard InChI is InChI=1S/C12H7Cl2N3/c13-9-3-1-2-8(6-9)10(7-15)11-4-5-12(14)17-16-11/h1-6,10H/t10-/m1/s1. The minimum Gasteiger partial charge on any atom is -0.197 e. The number of nitriles is 1. The van der Waals surface area contributed by atoms with Gasteiger partial charge in [-0.2, -0.15) is 10.4 Å². The van der Waals surface area contributed by atoms with Gasteiger partial charge in [-0.15, -0.1) is 5.10 Å². The number of rotatable bonds is 2. The lowest BCUT2D eigenvalue weighted by atomic mass is 9.97. The van der Waals surface area contributed by atoms with E-state index in [4.69, 9.17) is 23.2 Å². The molecule has 0 bridgehead atoms. The van der Waals surface area contributed by atoms with Gasteiger partial charge in [-0.1, -0.05) is 35.3 Å². The predicted octanol–water partition coefficient (Wildman–Crippen LogP) is 3.44. The monoisotopic (exact) mass is 263 g/mol. The average molecular weight is 264 g/mol. The van der Waals surface area contributed by atoms with E-state index in [0.717, 1.165) is 5.56 Å². The minimum absolute atomic E-state index is 0.302. The van der Waals surface area contributed by atoms with Crippen molar-refractivity contribution < 1.29 is 0 Å². The van der Waals surface area contributed by atoms with Gasteiger partial charge in [0.25, 0.3) is 0 Å². The van der Waals surface area contributed by atoms with Crippen LogP contribution in [0.5, 0.6) is 0 Å². The van der Waals surface area contributed by atoms with Crippen molar-refractivity contribution in [2.45, 2.75) is 5.92 Å². The number of halogens is 2. The Morgan fingerprint density at radius 1 is 1.12 bits per heavy atom. The summed E-state index contributed by atoms with van der Waals surface area (Å²) in [5.41, 5.74) is 1.34. The quantitative estimate of drug-likeness (QED) is 0.834. The van der Waals surface area contributed by atoms with Crippen LogP contribution in [0.4, 0.5) is 0 Å². The molecule has 2 aromatic rings. The normalized spacial score (nSPS) is 11.8. The highest BCUT2D eigenvalue weighted by molar-refractivity contribution is 6.30. The molecule has 5 heteroatoms. The third-order valence-electron chi connectivity index (χ3n) is 2.26. The summed E-state index contributed by atoms with van der Waals surface area (Å²) in [5, 5.41) is 17.7. The van der Waals surface area contributed by atoms with Crippen molar-refractivity contribution in [3.05, 3.63) is 57.8 Å². The van der Waals surface area contributed by atoms with E-state index in [9.17, 15) is 5.26 Å². The first-order valence-corrected chi connectivity index (χ1v) is 5.60. The van der Waals surface area contributed by atoms with Crippen molar-refractivity contribution in [1.82, 2.24) is 10.2 Å². The van der Waals surface area contributed by atoms with Crippen molar-refractivity contribution in [2.75, 3.05) is 0 Å². The van der Waals surface area contributed by atoms with Gasteiger partial charge in [-0.05, 0) is 29.8 Å². The number of nitrogens with zero attached hydrogens (tertiary/aromatic N) is 3. The molecule has 0 spiro atoms. The summed E-state index contributed by atoms with van der Waals surface area (Å²) in [7, 11) is 0. The van der Waals surface area contributed by atoms with Gasteiger partial charge in [0.1, 0.15) is 5.92 Å². The van der Waals surface area contributed by atoms with Crippen molar-refractivity contribution in [2.24, 2.45) is 0 Å². The van der Waals surface area contributed by atoms with Crippen molar-refractivity contribution in [3.8, 4) is 6.07 Å². The minimum atomic E-state index is -0.488. The lowest BCUT2D eigenvalue weighted by Gasteiger charge is -2.08. The maximum absolute atomic E-state index is 9.20. The molecule has 0 fully saturated rings.